The van der Waals surface area contributed by atoms with Gasteiger partial charge in [0.1, 0.15) is 18.5 Å². The lowest BCUT2D eigenvalue weighted by Gasteiger charge is -2.06. The van der Waals surface area contributed by atoms with Crippen molar-refractivity contribution in [3.63, 3.8) is 0 Å². The summed E-state index contributed by atoms with van der Waals surface area (Å²) in [6.07, 6.45) is 0.231. The monoisotopic (exact) mass is 273 g/mol. The summed E-state index contributed by atoms with van der Waals surface area (Å²) in [6.45, 7) is 1.34. The quantitative estimate of drug-likeness (QED) is 0.738. The van der Waals surface area contributed by atoms with Gasteiger partial charge in [0, 0.05) is 22.4 Å². The maximum atomic E-state index is 6.28. The van der Waals surface area contributed by atoms with Crippen LogP contribution >= 0.6 is 11.6 Å². The largest absolute Gasteiger partial charge is 0.489 e. The first kappa shape index (κ1) is 11.1. The number of aromatic nitrogens is 1. The molecule has 0 saturated carbocycles. The summed E-state index contributed by atoms with van der Waals surface area (Å²) in [5.41, 5.74) is 2.15. The van der Waals surface area contributed by atoms with Crippen molar-refractivity contribution in [3.8, 4) is 5.75 Å². The molecule has 2 aromatic carbocycles. The highest BCUT2D eigenvalue weighted by atomic mass is 35.5. The summed E-state index contributed by atoms with van der Waals surface area (Å²) >= 11 is 6.28. The van der Waals surface area contributed by atoms with E-state index >= 15 is 0 Å². The van der Waals surface area contributed by atoms with Gasteiger partial charge < -0.3 is 14.5 Å². The Morgan fingerprint density at radius 3 is 2.89 bits per heavy atom. The molecule has 0 spiro atoms. The predicted molar refractivity (Wildman–Crippen MR) is 76.0 cm³/mol. The van der Waals surface area contributed by atoms with Gasteiger partial charge in [-0.15, -0.1) is 0 Å². The molecule has 0 aliphatic carbocycles. The zero-order valence-electron chi connectivity index (χ0n) is 10.2. The van der Waals surface area contributed by atoms with Crippen molar-refractivity contribution >= 4 is 33.4 Å². The molecule has 3 aromatic rings. The van der Waals surface area contributed by atoms with Crippen molar-refractivity contribution in [1.29, 1.82) is 0 Å². The molecular weight excluding hydrogens is 262 g/mol. The average molecular weight is 274 g/mol. The fraction of sp³-hybridized carbons (Fsp3) is 0.200. The fourth-order valence-electron chi connectivity index (χ4n) is 2.31. The van der Waals surface area contributed by atoms with Crippen LogP contribution in [0.1, 0.15) is 0 Å². The van der Waals surface area contributed by atoms with Gasteiger partial charge in [-0.05, 0) is 12.1 Å². The molecule has 19 heavy (non-hydrogen) atoms. The van der Waals surface area contributed by atoms with E-state index in [9.17, 15) is 0 Å². The van der Waals surface area contributed by atoms with E-state index in [1.807, 2.05) is 24.3 Å². The van der Waals surface area contributed by atoms with Crippen LogP contribution in [0.5, 0.6) is 5.75 Å². The third kappa shape index (κ3) is 1.95. The molecule has 4 heteroatoms. The van der Waals surface area contributed by atoms with Crippen molar-refractivity contribution in [2.75, 3.05) is 13.2 Å². The van der Waals surface area contributed by atoms with E-state index in [1.54, 1.807) is 0 Å². The minimum atomic E-state index is 0.231. The molecule has 3 nitrogen and oxygen atoms in total. The third-order valence-corrected chi connectivity index (χ3v) is 3.68. The molecule has 1 N–H and O–H groups in total. The van der Waals surface area contributed by atoms with Gasteiger partial charge in [-0.25, -0.2) is 0 Å². The number of nitrogens with one attached hydrogen (secondary N) is 1. The van der Waals surface area contributed by atoms with E-state index in [2.05, 4.69) is 17.1 Å². The highest BCUT2D eigenvalue weighted by molar-refractivity contribution is 6.33. The molecule has 1 atom stereocenters. The van der Waals surface area contributed by atoms with Gasteiger partial charge in [0.15, 0.2) is 0 Å². The van der Waals surface area contributed by atoms with E-state index in [4.69, 9.17) is 21.1 Å². The molecule has 1 aromatic heterocycles. The predicted octanol–water partition coefficient (Wildman–Crippen LogP) is 3.75. The molecule has 2 heterocycles. The summed E-state index contributed by atoms with van der Waals surface area (Å²) in [5, 5.41) is 2.94. The van der Waals surface area contributed by atoms with Crippen LogP contribution in [-0.4, -0.2) is 24.3 Å². The summed E-state index contributed by atoms with van der Waals surface area (Å²) in [6, 6.07) is 12.1. The van der Waals surface area contributed by atoms with Crippen molar-refractivity contribution in [1.82, 2.24) is 4.98 Å². The van der Waals surface area contributed by atoms with Crippen LogP contribution < -0.4 is 4.74 Å². The molecule has 0 radical (unpaired) electrons. The lowest BCUT2D eigenvalue weighted by atomic mass is 10.1. The van der Waals surface area contributed by atoms with Crippen LogP contribution in [-0.2, 0) is 4.74 Å². The number of halogens is 1. The van der Waals surface area contributed by atoms with Crippen LogP contribution in [0.3, 0.4) is 0 Å². The molecule has 1 aliphatic heterocycles. The molecule has 1 fully saturated rings. The number of fused-ring (bicyclic) bond motifs is 3. The van der Waals surface area contributed by atoms with Crippen LogP contribution in [0.4, 0.5) is 0 Å². The van der Waals surface area contributed by atoms with Crippen molar-refractivity contribution < 1.29 is 9.47 Å². The van der Waals surface area contributed by atoms with Gasteiger partial charge in [-0.2, -0.15) is 0 Å². The Morgan fingerprint density at radius 2 is 2.05 bits per heavy atom. The zero-order valence-corrected chi connectivity index (χ0v) is 10.9. The number of hydrogen-bond acceptors (Lipinski definition) is 2. The Balaban J connectivity index is 1.82. The van der Waals surface area contributed by atoms with Gasteiger partial charge in [0.25, 0.3) is 0 Å². The average Bonchev–Trinajstić information content (AvgIpc) is 3.18. The summed E-state index contributed by atoms with van der Waals surface area (Å²) < 4.78 is 10.8. The fourth-order valence-corrected chi connectivity index (χ4v) is 2.53. The Hall–Kier alpha value is -1.71. The van der Waals surface area contributed by atoms with E-state index in [0.717, 1.165) is 23.0 Å². The topological polar surface area (TPSA) is 37.5 Å². The highest BCUT2D eigenvalue weighted by Crippen LogP contribution is 2.34. The first-order valence-corrected chi connectivity index (χ1v) is 6.63. The lowest BCUT2D eigenvalue weighted by molar-refractivity contribution is 0.263. The maximum absolute atomic E-state index is 6.28. The number of hydrogen-bond donors (Lipinski definition) is 1. The van der Waals surface area contributed by atoms with Gasteiger partial charge >= 0.3 is 0 Å². The SMILES string of the molecule is Clc1cc2c(cc1OC[C@@H]1CO1)[nH]c1ccccc12. The number of H-pyrrole nitrogens is 1. The molecular formula is C15H12ClNO2. The van der Waals surface area contributed by atoms with Crippen molar-refractivity contribution in [3.05, 3.63) is 41.4 Å². The number of epoxide rings is 1. The van der Waals surface area contributed by atoms with E-state index in [1.165, 1.54) is 5.39 Å². The number of rotatable bonds is 3. The molecule has 0 unspecified atom stereocenters. The summed E-state index contributed by atoms with van der Waals surface area (Å²) in [5.74, 6) is 0.705. The Labute approximate surface area is 115 Å². The van der Waals surface area contributed by atoms with E-state index < -0.39 is 0 Å². The second kappa shape index (κ2) is 4.15. The maximum Gasteiger partial charge on any atom is 0.140 e. The van der Waals surface area contributed by atoms with Gasteiger partial charge in [-0.3, -0.25) is 0 Å². The van der Waals surface area contributed by atoms with Crippen molar-refractivity contribution in [2.45, 2.75) is 6.10 Å². The minimum Gasteiger partial charge on any atom is -0.489 e. The Bertz CT molecular complexity index is 761. The molecule has 0 amide bonds. The van der Waals surface area contributed by atoms with Gasteiger partial charge in [0.2, 0.25) is 0 Å². The molecule has 96 valence electrons. The van der Waals surface area contributed by atoms with Crippen molar-refractivity contribution in [2.24, 2.45) is 0 Å². The lowest BCUT2D eigenvalue weighted by Crippen LogP contribution is -2.04. The second-order valence-corrected chi connectivity index (χ2v) is 5.17. The standard InChI is InChI=1S/C15H12ClNO2/c16-12-5-11-10-3-1-2-4-13(10)17-14(11)6-15(12)19-8-9-7-18-9/h1-6,9,17H,7-8H2/t9-/m0/s1. The summed E-state index contributed by atoms with van der Waals surface area (Å²) in [7, 11) is 0. The Morgan fingerprint density at radius 1 is 1.21 bits per heavy atom. The highest BCUT2D eigenvalue weighted by Gasteiger charge is 2.23. The molecule has 0 bridgehead atoms. The number of para-hydroxylation sites is 1. The second-order valence-electron chi connectivity index (χ2n) is 4.77. The Kier molecular flexibility index (Phi) is 2.43. The summed E-state index contributed by atoms with van der Waals surface area (Å²) in [4.78, 5) is 3.38. The van der Waals surface area contributed by atoms with Crippen LogP contribution in [0.25, 0.3) is 21.8 Å². The first-order chi connectivity index (χ1) is 9.31. The van der Waals surface area contributed by atoms with Gasteiger partial charge in [0.05, 0.1) is 17.1 Å². The molecule has 4 rings (SSSR count). The first-order valence-electron chi connectivity index (χ1n) is 6.25. The van der Waals surface area contributed by atoms with Gasteiger partial charge in [-0.1, -0.05) is 29.8 Å². The zero-order chi connectivity index (χ0) is 12.8. The van der Waals surface area contributed by atoms with Crippen LogP contribution in [0.15, 0.2) is 36.4 Å². The van der Waals surface area contributed by atoms with E-state index in [0.29, 0.717) is 17.4 Å². The van der Waals surface area contributed by atoms with Crippen LogP contribution in [0.2, 0.25) is 5.02 Å². The number of aromatic amines is 1. The number of ether oxygens (including phenoxy) is 2. The molecule has 1 aliphatic rings. The van der Waals surface area contributed by atoms with E-state index in [-0.39, 0.29) is 6.10 Å². The van der Waals surface area contributed by atoms with Crippen LogP contribution in [0, 0.1) is 0 Å². The third-order valence-electron chi connectivity index (χ3n) is 3.39. The minimum absolute atomic E-state index is 0.231. The number of benzene rings is 2. The normalized spacial score (nSPS) is 18.1. The molecule has 1 saturated heterocycles. The smallest absolute Gasteiger partial charge is 0.140 e.